The molecule has 1 aliphatic carbocycles. The maximum Gasteiger partial charge on any atom is 0.231 e. The molecule has 1 aliphatic heterocycles. The van der Waals surface area contributed by atoms with E-state index in [9.17, 15) is 0 Å². The van der Waals surface area contributed by atoms with Crippen LogP contribution < -0.4 is 20.1 Å². The first-order chi connectivity index (χ1) is 9.31. The fourth-order valence-corrected chi connectivity index (χ4v) is 2.78. The van der Waals surface area contributed by atoms with E-state index in [1.165, 1.54) is 25.7 Å². The number of ether oxygens (including phenoxy) is 2. The van der Waals surface area contributed by atoms with E-state index >= 15 is 0 Å². The van der Waals surface area contributed by atoms with Crippen molar-refractivity contribution in [3.05, 3.63) is 23.8 Å². The summed E-state index contributed by atoms with van der Waals surface area (Å²) in [5.74, 6) is 1.63. The Morgan fingerprint density at radius 2 is 2.00 bits per heavy atom. The Bertz CT molecular complexity index is 473. The number of nitrogens with one attached hydrogen (secondary N) is 2. The molecule has 1 heterocycles. The molecular weight excluding hydrogens is 260 g/mol. The largest absolute Gasteiger partial charge is 0.454 e. The van der Waals surface area contributed by atoms with E-state index in [1.54, 1.807) is 0 Å². The predicted octanol–water partition coefficient (Wildman–Crippen LogP) is 2.32. The second-order valence-corrected chi connectivity index (χ2v) is 5.40. The molecule has 4 nitrogen and oxygen atoms in total. The van der Waals surface area contributed by atoms with Gasteiger partial charge in [-0.2, -0.15) is 0 Å². The molecule has 0 unspecified atom stereocenters. The van der Waals surface area contributed by atoms with Crippen LogP contribution in [0.1, 0.15) is 31.2 Å². The quantitative estimate of drug-likeness (QED) is 0.831. The van der Waals surface area contributed by atoms with Gasteiger partial charge < -0.3 is 20.1 Å². The van der Waals surface area contributed by atoms with Crippen molar-refractivity contribution < 1.29 is 9.47 Å². The molecule has 3 rings (SSSR count). The van der Waals surface area contributed by atoms with Gasteiger partial charge in [0.25, 0.3) is 0 Å². The Morgan fingerprint density at radius 3 is 2.84 bits per heavy atom. The summed E-state index contributed by atoms with van der Waals surface area (Å²) < 4.78 is 10.6. The molecule has 0 saturated heterocycles. The van der Waals surface area contributed by atoms with Gasteiger partial charge in [-0.05, 0) is 42.8 Å². The van der Waals surface area contributed by atoms with Crippen LogP contribution in [0.5, 0.6) is 11.5 Å². The van der Waals surface area contributed by atoms with E-state index in [0.29, 0.717) is 19.4 Å². The van der Waals surface area contributed by atoms with Crippen molar-refractivity contribution in [2.45, 2.75) is 38.3 Å². The lowest BCUT2D eigenvalue weighted by molar-refractivity contribution is 0.174. The molecule has 1 saturated carbocycles. The predicted molar refractivity (Wildman–Crippen MR) is 77.4 cm³/mol. The SMILES string of the molecule is S=C(NCc1ccc2c(c1)OCO2)NC1CCCC1. The topological polar surface area (TPSA) is 42.5 Å². The molecule has 1 aromatic carbocycles. The van der Waals surface area contributed by atoms with E-state index in [2.05, 4.69) is 10.6 Å². The lowest BCUT2D eigenvalue weighted by Crippen LogP contribution is -2.40. The lowest BCUT2D eigenvalue weighted by atomic mass is 10.2. The van der Waals surface area contributed by atoms with Gasteiger partial charge in [0.05, 0.1) is 0 Å². The van der Waals surface area contributed by atoms with E-state index in [1.807, 2.05) is 18.2 Å². The van der Waals surface area contributed by atoms with Crippen molar-refractivity contribution in [2.24, 2.45) is 0 Å². The zero-order chi connectivity index (χ0) is 13.1. The van der Waals surface area contributed by atoms with Crippen molar-refractivity contribution in [3.8, 4) is 11.5 Å². The highest BCUT2D eigenvalue weighted by atomic mass is 32.1. The van der Waals surface area contributed by atoms with Gasteiger partial charge in [0.15, 0.2) is 16.6 Å². The molecule has 0 bridgehead atoms. The summed E-state index contributed by atoms with van der Waals surface area (Å²) in [5, 5.41) is 7.35. The maximum atomic E-state index is 5.36. The lowest BCUT2D eigenvalue weighted by Gasteiger charge is -2.15. The summed E-state index contributed by atoms with van der Waals surface area (Å²) in [6.07, 6.45) is 5.07. The van der Waals surface area contributed by atoms with Gasteiger partial charge in [-0.1, -0.05) is 18.9 Å². The van der Waals surface area contributed by atoms with Crippen molar-refractivity contribution in [1.82, 2.24) is 10.6 Å². The van der Waals surface area contributed by atoms with E-state index in [0.717, 1.165) is 22.2 Å². The van der Waals surface area contributed by atoms with Crippen molar-refractivity contribution >= 4 is 17.3 Å². The Hall–Kier alpha value is -1.49. The molecule has 0 spiro atoms. The third kappa shape index (κ3) is 3.10. The molecule has 102 valence electrons. The average molecular weight is 278 g/mol. The zero-order valence-electron chi connectivity index (χ0n) is 10.8. The summed E-state index contributed by atoms with van der Waals surface area (Å²) in [4.78, 5) is 0. The minimum atomic E-state index is 0.313. The minimum Gasteiger partial charge on any atom is -0.454 e. The second kappa shape index (κ2) is 5.65. The number of benzene rings is 1. The van der Waals surface area contributed by atoms with Crippen LogP contribution in [-0.4, -0.2) is 17.9 Å². The molecule has 1 fully saturated rings. The molecular formula is C14H18N2O2S. The van der Waals surface area contributed by atoms with Crippen LogP contribution in [-0.2, 0) is 6.54 Å². The summed E-state index contributed by atoms with van der Waals surface area (Å²) >= 11 is 5.31. The molecule has 1 aromatic rings. The monoisotopic (exact) mass is 278 g/mol. The Morgan fingerprint density at radius 1 is 1.21 bits per heavy atom. The zero-order valence-corrected chi connectivity index (χ0v) is 11.6. The van der Waals surface area contributed by atoms with Crippen LogP contribution in [0.15, 0.2) is 18.2 Å². The maximum absolute atomic E-state index is 5.36. The first-order valence-electron chi connectivity index (χ1n) is 6.74. The smallest absolute Gasteiger partial charge is 0.231 e. The van der Waals surface area contributed by atoms with Gasteiger partial charge in [-0.15, -0.1) is 0 Å². The number of hydrogen-bond donors (Lipinski definition) is 2. The molecule has 0 amide bonds. The van der Waals surface area contributed by atoms with Crippen LogP contribution >= 0.6 is 12.2 Å². The minimum absolute atomic E-state index is 0.313. The molecule has 2 aliphatic rings. The highest BCUT2D eigenvalue weighted by molar-refractivity contribution is 7.80. The van der Waals surface area contributed by atoms with Crippen LogP contribution in [0, 0.1) is 0 Å². The van der Waals surface area contributed by atoms with E-state index < -0.39 is 0 Å². The van der Waals surface area contributed by atoms with Crippen molar-refractivity contribution in [3.63, 3.8) is 0 Å². The number of hydrogen-bond acceptors (Lipinski definition) is 3. The van der Waals surface area contributed by atoms with E-state index in [4.69, 9.17) is 21.7 Å². The highest BCUT2D eigenvalue weighted by Gasteiger charge is 2.16. The molecule has 0 aromatic heterocycles. The fraction of sp³-hybridized carbons (Fsp3) is 0.500. The van der Waals surface area contributed by atoms with E-state index in [-0.39, 0.29) is 0 Å². The first kappa shape index (κ1) is 12.5. The van der Waals surface area contributed by atoms with Gasteiger partial charge in [-0.25, -0.2) is 0 Å². The average Bonchev–Trinajstić information content (AvgIpc) is 3.06. The molecule has 5 heteroatoms. The van der Waals surface area contributed by atoms with Gasteiger partial charge >= 0.3 is 0 Å². The molecule has 0 radical (unpaired) electrons. The van der Waals surface area contributed by atoms with Gasteiger partial charge in [0.2, 0.25) is 6.79 Å². The fourth-order valence-electron chi connectivity index (χ4n) is 2.54. The standard InChI is InChI=1S/C14H18N2O2S/c19-14(16-11-3-1-2-4-11)15-8-10-5-6-12-13(7-10)18-9-17-12/h5-7,11H,1-4,8-9H2,(H2,15,16,19). The third-order valence-electron chi connectivity index (χ3n) is 3.58. The number of rotatable bonds is 3. The molecule has 2 N–H and O–H groups in total. The molecule has 0 atom stereocenters. The Kier molecular flexibility index (Phi) is 3.73. The van der Waals surface area contributed by atoms with Gasteiger partial charge in [0.1, 0.15) is 0 Å². The van der Waals surface area contributed by atoms with Gasteiger partial charge in [0, 0.05) is 12.6 Å². The first-order valence-corrected chi connectivity index (χ1v) is 7.15. The number of thiocarbonyl (C=S) groups is 1. The van der Waals surface area contributed by atoms with Crippen LogP contribution in [0.25, 0.3) is 0 Å². The Balaban J connectivity index is 1.50. The van der Waals surface area contributed by atoms with Crippen molar-refractivity contribution in [2.75, 3.05) is 6.79 Å². The van der Waals surface area contributed by atoms with Crippen LogP contribution in [0.4, 0.5) is 0 Å². The van der Waals surface area contributed by atoms with Crippen LogP contribution in [0.2, 0.25) is 0 Å². The van der Waals surface area contributed by atoms with Gasteiger partial charge in [-0.3, -0.25) is 0 Å². The summed E-state index contributed by atoms with van der Waals surface area (Å²) in [7, 11) is 0. The summed E-state index contributed by atoms with van der Waals surface area (Å²) in [5.41, 5.74) is 1.14. The number of fused-ring (bicyclic) bond motifs is 1. The van der Waals surface area contributed by atoms with Crippen molar-refractivity contribution in [1.29, 1.82) is 0 Å². The molecule has 19 heavy (non-hydrogen) atoms. The summed E-state index contributed by atoms with van der Waals surface area (Å²) in [6, 6.07) is 6.51. The third-order valence-corrected chi connectivity index (χ3v) is 3.84. The highest BCUT2D eigenvalue weighted by Crippen LogP contribution is 2.32. The van der Waals surface area contributed by atoms with Crippen LogP contribution in [0.3, 0.4) is 0 Å². The Labute approximate surface area is 118 Å². The second-order valence-electron chi connectivity index (χ2n) is 5.00. The summed E-state index contributed by atoms with van der Waals surface area (Å²) in [6.45, 7) is 1.02. The normalized spacial score (nSPS) is 17.5.